The molecule has 0 saturated heterocycles. The van der Waals surface area contributed by atoms with E-state index < -0.39 is 29.1 Å². The molecule has 0 bridgehead atoms. The highest BCUT2D eigenvalue weighted by Crippen LogP contribution is 2.23. The van der Waals surface area contributed by atoms with E-state index in [1.54, 1.807) is 52.8 Å². The zero-order chi connectivity index (χ0) is 22.9. The van der Waals surface area contributed by atoms with Crippen LogP contribution in [0, 0.1) is 24.1 Å². The Labute approximate surface area is 179 Å². The van der Waals surface area contributed by atoms with E-state index in [0.717, 1.165) is 0 Å². The van der Waals surface area contributed by atoms with E-state index in [-0.39, 0.29) is 16.7 Å². The Morgan fingerprint density at radius 2 is 2.00 bits per heavy atom. The molecule has 31 heavy (non-hydrogen) atoms. The molecule has 3 rings (SSSR count). The van der Waals surface area contributed by atoms with Gasteiger partial charge in [0.2, 0.25) is 0 Å². The maximum absolute atomic E-state index is 14.6. The predicted octanol–water partition coefficient (Wildman–Crippen LogP) is 4.29. The number of nitrogens with one attached hydrogen (secondary N) is 1. The van der Waals surface area contributed by atoms with Crippen molar-refractivity contribution in [2.75, 3.05) is 0 Å². The molecule has 0 fully saturated rings. The van der Waals surface area contributed by atoms with Gasteiger partial charge in [0.15, 0.2) is 0 Å². The van der Waals surface area contributed by atoms with Crippen LogP contribution >= 0.6 is 0 Å². The summed E-state index contributed by atoms with van der Waals surface area (Å²) in [4.78, 5) is 30.2. The first-order chi connectivity index (χ1) is 14.5. The van der Waals surface area contributed by atoms with Gasteiger partial charge >= 0.3 is 6.09 Å². The van der Waals surface area contributed by atoms with Crippen LogP contribution < -0.4 is 10.9 Å². The number of amides is 1. The Morgan fingerprint density at radius 3 is 2.65 bits per heavy atom. The Bertz CT molecular complexity index is 1270. The summed E-state index contributed by atoms with van der Waals surface area (Å²) in [5.41, 5.74) is 0.00734. The van der Waals surface area contributed by atoms with Gasteiger partial charge in [-0.2, -0.15) is 5.26 Å². The lowest BCUT2D eigenvalue weighted by atomic mass is 10.1. The highest BCUT2D eigenvalue weighted by molar-refractivity contribution is 5.82. The molecule has 1 aromatic heterocycles. The molecule has 8 heteroatoms. The Morgan fingerprint density at radius 1 is 1.29 bits per heavy atom. The van der Waals surface area contributed by atoms with Crippen LogP contribution in [0.1, 0.15) is 50.7 Å². The third-order valence-corrected chi connectivity index (χ3v) is 4.56. The molecule has 0 spiro atoms. The summed E-state index contributed by atoms with van der Waals surface area (Å²) in [7, 11) is 0. The fourth-order valence-corrected chi connectivity index (χ4v) is 3.23. The molecule has 0 saturated carbocycles. The van der Waals surface area contributed by atoms with E-state index >= 15 is 0 Å². The second-order valence-electron chi connectivity index (χ2n) is 8.23. The number of carbonyl (C=O) groups is 1. The number of rotatable bonds is 3. The predicted molar refractivity (Wildman–Crippen MR) is 115 cm³/mol. The smallest absolute Gasteiger partial charge is 0.408 e. The summed E-state index contributed by atoms with van der Waals surface area (Å²) in [5, 5.41) is 12.0. The highest BCUT2D eigenvalue weighted by atomic mass is 19.1. The molecule has 0 aliphatic heterocycles. The topological polar surface area (TPSA) is 97.0 Å². The molecule has 0 aliphatic carbocycles. The summed E-state index contributed by atoms with van der Waals surface area (Å²) in [6.45, 7) is 8.51. The summed E-state index contributed by atoms with van der Waals surface area (Å²) in [5.74, 6) is -0.524. The van der Waals surface area contributed by atoms with E-state index in [0.29, 0.717) is 16.8 Å². The second-order valence-corrected chi connectivity index (χ2v) is 8.23. The average molecular weight is 422 g/mol. The molecule has 160 valence electrons. The minimum absolute atomic E-state index is 0.0782. The summed E-state index contributed by atoms with van der Waals surface area (Å²) in [6.07, 6.45) is -0.698. The monoisotopic (exact) mass is 422 g/mol. The summed E-state index contributed by atoms with van der Waals surface area (Å²) in [6, 6.07) is 10.4. The largest absolute Gasteiger partial charge is 0.444 e. The fourth-order valence-electron chi connectivity index (χ4n) is 3.23. The highest BCUT2D eigenvalue weighted by Gasteiger charge is 2.24. The summed E-state index contributed by atoms with van der Waals surface area (Å²) >= 11 is 0. The molecule has 1 atom stereocenters. The maximum atomic E-state index is 14.6. The van der Waals surface area contributed by atoms with Gasteiger partial charge in [0.05, 0.1) is 28.7 Å². The number of hydrogen-bond acceptors (Lipinski definition) is 5. The number of benzene rings is 2. The van der Waals surface area contributed by atoms with Crippen molar-refractivity contribution >= 4 is 17.0 Å². The zero-order valence-corrected chi connectivity index (χ0v) is 18.0. The van der Waals surface area contributed by atoms with E-state index in [1.807, 2.05) is 6.07 Å². The quantitative estimate of drug-likeness (QED) is 0.679. The van der Waals surface area contributed by atoms with Gasteiger partial charge in [-0.05, 0) is 64.4 Å². The number of aryl methyl sites for hydroxylation is 1. The van der Waals surface area contributed by atoms with Gasteiger partial charge in [-0.1, -0.05) is 12.1 Å². The first kappa shape index (κ1) is 22.0. The fraction of sp³-hybridized carbons (Fsp3) is 0.304. The normalized spacial score (nSPS) is 12.3. The van der Waals surface area contributed by atoms with Crippen molar-refractivity contribution in [1.82, 2.24) is 14.9 Å². The van der Waals surface area contributed by atoms with Gasteiger partial charge < -0.3 is 10.1 Å². The SMILES string of the molecule is Cc1ccc(F)c2nc([C@H](C)NC(=O)OC(C)(C)C)n(-c3cccc(C#N)c3)c(=O)c12. The van der Waals surface area contributed by atoms with Crippen molar-refractivity contribution in [2.24, 2.45) is 0 Å². The Kier molecular flexibility index (Phi) is 5.80. The number of fused-ring (bicyclic) bond motifs is 1. The van der Waals surface area contributed by atoms with Crippen molar-refractivity contribution in [3.05, 3.63) is 69.5 Å². The number of halogens is 1. The molecule has 3 aromatic rings. The van der Waals surface area contributed by atoms with Crippen LogP contribution in [-0.4, -0.2) is 21.2 Å². The first-order valence-corrected chi connectivity index (χ1v) is 9.73. The molecular formula is C23H23FN4O3. The van der Waals surface area contributed by atoms with Crippen molar-refractivity contribution < 1.29 is 13.9 Å². The van der Waals surface area contributed by atoms with Crippen molar-refractivity contribution in [3.8, 4) is 11.8 Å². The minimum atomic E-state index is -0.794. The number of nitrogens with zero attached hydrogens (tertiary/aromatic N) is 3. The molecule has 0 aliphatic rings. The van der Waals surface area contributed by atoms with Gasteiger partial charge in [-0.3, -0.25) is 9.36 Å². The van der Waals surface area contributed by atoms with E-state index in [1.165, 1.54) is 22.8 Å². The third-order valence-electron chi connectivity index (χ3n) is 4.56. The van der Waals surface area contributed by atoms with Gasteiger partial charge in [0, 0.05) is 0 Å². The average Bonchev–Trinajstić information content (AvgIpc) is 2.68. The number of hydrogen-bond donors (Lipinski definition) is 1. The summed E-state index contributed by atoms with van der Waals surface area (Å²) < 4.78 is 21.1. The molecule has 2 aromatic carbocycles. The lowest BCUT2D eigenvalue weighted by Crippen LogP contribution is -2.37. The first-order valence-electron chi connectivity index (χ1n) is 9.73. The van der Waals surface area contributed by atoms with Crippen LogP contribution in [0.3, 0.4) is 0 Å². The number of ether oxygens (including phenoxy) is 1. The number of nitriles is 1. The van der Waals surface area contributed by atoms with Gasteiger partial charge in [0.25, 0.3) is 5.56 Å². The van der Waals surface area contributed by atoms with Crippen molar-refractivity contribution in [1.29, 1.82) is 5.26 Å². The number of aromatic nitrogens is 2. The van der Waals surface area contributed by atoms with E-state index in [2.05, 4.69) is 10.3 Å². The van der Waals surface area contributed by atoms with Crippen molar-refractivity contribution in [2.45, 2.75) is 46.3 Å². The number of alkyl carbamates (subject to hydrolysis) is 1. The van der Waals surface area contributed by atoms with Crippen LogP contribution in [-0.2, 0) is 4.74 Å². The molecule has 1 N–H and O–H groups in total. The second kappa shape index (κ2) is 8.19. The Balaban J connectivity index is 2.26. The molecule has 0 radical (unpaired) electrons. The van der Waals surface area contributed by atoms with E-state index in [9.17, 15) is 19.2 Å². The van der Waals surface area contributed by atoms with Crippen LogP contribution in [0.25, 0.3) is 16.6 Å². The maximum Gasteiger partial charge on any atom is 0.408 e. The Hall–Kier alpha value is -3.73. The van der Waals surface area contributed by atoms with Crippen LogP contribution in [0.2, 0.25) is 0 Å². The standard InChI is InChI=1S/C23H23FN4O3/c1-13-9-10-17(24)19-18(13)21(29)28(16-8-6-7-15(11-16)12-25)20(27-19)14(2)26-22(30)31-23(3,4)5/h6-11,14H,1-5H3,(H,26,30)/t14-/m0/s1. The molecule has 0 unspecified atom stereocenters. The van der Waals surface area contributed by atoms with Crippen LogP contribution in [0.15, 0.2) is 41.2 Å². The number of carbonyl (C=O) groups excluding carboxylic acids is 1. The van der Waals surface area contributed by atoms with Gasteiger partial charge in [-0.25, -0.2) is 14.2 Å². The minimum Gasteiger partial charge on any atom is -0.444 e. The lowest BCUT2D eigenvalue weighted by Gasteiger charge is -2.23. The molecule has 1 amide bonds. The molecule has 7 nitrogen and oxygen atoms in total. The van der Waals surface area contributed by atoms with Gasteiger partial charge in [-0.15, -0.1) is 0 Å². The van der Waals surface area contributed by atoms with Crippen LogP contribution in [0.4, 0.5) is 9.18 Å². The molecule has 1 heterocycles. The zero-order valence-electron chi connectivity index (χ0n) is 18.0. The van der Waals surface area contributed by atoms with Crippen molar-refractivity contribution in [3.63, 3.8) is 0 Å². The van der Waals surface area contributed by atoms with Gasteiger partial charge in [0.1, 0.15) is 22.8 Å². The van der Waals surface area contributed by atoms with Crippen LogP contribution in [0.5, 0.6) is 0 Å². The van der Waals surface area contributed by atoms with E-state index in [4.69, 9.17) is 4.74 Å². The lowest BCUT2D eigenvalue weighted by molar-refractivity contribution is 0.0505. The molecular weight excluding hydrogens is 399 g/mol. The third kappa shape index (κ3) is 4.56.